The zero-order valence-electron chi connectivity index (χ0n) is 7.83. The van der Waals surface area contributed by atoms with Gasteiger partial charge in [-0.05, 0) is 20.8 Å². The zero-order valence-corrected chi connectivity index (χ0v) is 9.46. The molecule has 74 valence electrons. The Morgan fingerprint density at radius 2 is 2.15 bits per heavy atom. The van der Waals surface area contributed by atoms with Crippen LogP contribution in [-0.2, 0) is 17.0 Å². The quantitative estimate of drug-likeness (QED) is 0.736. The summed E-state index contributed by atoms with van der Waals surface area (Å²) < 4.78 is 11.6. The van der Waals surface area contributed by atoms with Crippen molar-refractivity contribution >= 4 is 22.7 Å². The fourth-order valence-electron chi connectivity index (χ4n) is 1.16. The van der Waals surface area contributed by atoms with Gasteiger partial charge in [0.2, 0.25) is 4.21 Å². The largest absolute Gasteiger partial charge is 0.592 e. The summed E-state index contributed by atoms with van der Waals surface area (Å²) in [7, 11) is 0. The molecule has 0 aliphatic rings. The van der Waals surface area contributed by atoms with E-state index in [2.05, 4.69) is 0 Å². The number of hydrogen-bond donors (Lipinski definition) is 2. The van der Waals surface area contributed by atoms with E-state index in [1.807, 2.05) is 6.92 Å². The first-order valence-corrected chi connectivity index (χ1v) is 5.85. The Morgan fingerprint density at radius 3 is 2.38 bits per heavy atom. The summed E-state index contributed by atoms with van der Waals surface area (Å²) in [5.74, 6) is 0. The van der Waals surface area contributed by atoms with E-state index in [0.717, 1.165) is 10.4 Å². The van der Waals surface area contributed by atoms with E-state index in [-0.39, 0.29) is 0 Å². The van der Waals surface area contributed by atoms with Crippen LogP contribution in [-0.4, -0.2) is 9.66 Å². The maximum atomic E-state index is 11.0. The molecule has 13 heavy (non-hydrogen) atoms. The highest BCUT2D eigenvalue weighted by atomic mass is 32.2. The standard InChI is InChI=1S/C8H13NO2S2/c1-5-6(8(2,3)10)4-7(12-5)13(9)11/h4,10H,9H2,1-3H3. The molecule has 0 aliphatic carbocycles. The van der Waals surface area contributed by atoms with Gasteiger partial charge in [0.05, 0.1) is 17.0 Å². The van der Waals surface area contributed by atoms with Crippen LogP contribution < -0.4 is 5.14 Å². The van der Waals surface area contributed by atoms with Crippen LogP contribution in [0.4, 0.5) is 0 Å². The molecule has 3 nitrogen and oxygen atoms in total. The summed E-state index contributed by atoms with van der Waals surface area (Å²) in [6.07, 6.45) is 0. The summed E-state index contributed by atoms with van der Waals surface area (Å²) in [5.41, 5.74) is -0.0932. The molecule has 1 rings (SSSR count). The molecule has 0 amide bonds. The SMILES string of the molecule is Cc1sc([S+](N)[O-])cc1C(C)(C)O. The number of rotatable bonds is 2. The highest BCUT2D eigenvalue weighted by molar-refractivity contribution is 7.91. The van der Waals surface area contributed by atoms with Gasteiger partial charge in [0.1, 0.15) is 0 Å². The molecule has 0 fully saturated rings. The number of aliphatic hydroxyl groups is 1. The van der Waals surface area contributed by atoms with E-state index in [1.165, 1.54) is 11.3 Å². The minimum Gasteiger partial charge on any atom is -0.592 e. The Balaban J connectivity index is 3.11. The van der Waals surface area contributed by atoms with Crippen molar-refractivity contribution in [2.75, 3.05) is 0 Å². The van der Waals surface area contributed by atoms with Gasteiger partial charge in [-0.2, -0.15) is 0 Å². The molecule has 0 radical (unpaired) electrons. The van der Waals surface area contributed by atoms with Crippen molar-refractivity contribution in [2.24, 2.45) is 5.14 Å². The van der Waals surface area contributed by atoms with E-state index in [4.69, 9.17) is 5.14 Å². The summed E-state index contributed by atoms with van der Waals surface area (Å²) >= 11 is -0.0816. The van der Waals surface area contributed by atoms with Crippen LogP contribution in [0, 0.1) is 6.92 Å². The molecule has 0 bridgehead atoms. The van der Waals surface area contributed by atoms with E-state index < -0.39 is 17.0 Å². The average Bonchev–Trinajstić information content (AvgIpc) is 2.29. The Hall–Kier alpha value is -0.0700. The zero-order chi connectivity index (χ0) is 10.2. The van der Waals surface area contributed by atoms with Crippen LogP contribution in [0.25, 0.3) is 0 Å². The Morgan fingerprint density at radius 1 is 1.62 bits per heavy atom. The van der Waals surface area contributed by atoms with E-state index >= 15 is 0 Å². The molecular formula is C8H13NO2S2. The fourth-order valence-corrected chi connectivity index (χ4v) is 3.00. The second kappa shape index (κ2) is 3.59. The molecule has 1 aromatic rings. The molecule has 0 saturated heterocycles. The van der Waals surface area contributed by atoms with Gasteiger partial charge in [0.15, 0.2) is 0 Å². The fraction of sp³-hybridized carbons (Fsp3) is 0.500. The van der Waals surface area contributed by atoms with Crippen molar-refractivity contribution in [1.29, 1.82) is 0 Å². The van der Waals surface area contributed by atoms with Crippen LogP contribution in [0.3, 0.4) is 0 Å². The van der Waals surface area contributed by atoms with Crippen molar-refractivity contribution in [3.05, 3.63) is 16.5 Å². The molecule has 0 spiro atoms. The summed E-state index contributed by atoms with van der Waals surface area (Å²) in [6.45, 7) is 5.28. The first-order valence-electron chi connectivity index (χ1n) is 3.82. The van der Waals surface area contributed by atoms with E-state index in [0.29, 0.717) is 4.21 Å². The molecular weight excluding hydrogens is 206 g/mol. The van der Waals surface area contributed by atoms with Gasteiger partial charge in [-0.1, -0.05) is 11.3 Å². The monoisotopic (exact) mass is 219 g/mol. The molecule has 1 heterocycles. The molecule has 0 aliphatic heterocycles. The highest BCUT2D eigenvalue weighted by Gasteiger charge is 2.24. The van der Waals surface area contributed by atoms with Crippen LogP contribution in [0.2, 0.25) is 0 Å². The second-order valence-corrected chi connectivity index (χ2v) is 5.94. The van der Waals surface area contributed by atoms with Crippen molar-refractivity contribution in [1.82, 2.24) is 0 Å². The molecule has 0 saturated carbocycles. The van der Waals surface area contributed by atoms with Crippen molar-refractivity contribution in [2.45, 2.75) is 30.6 Å². The lowest BCUT2D eigenvalue weighted by Crippen LogP contribution is -2.16. The molecule has 0 aromatic carbocycles. The maximum absolute atomic E-state index is 11.0. The molecule has 1 aromatic heterocycles. The number of nitrogens with two attached hydrogens (primary N) is 1. The van der Waals surface area contributed by atoms with Gasteiger partial charge in [-0.3, -0.25) is 0 Å². The minimum atomic E-state index is -1.45. The summed E-state index contributed by atoms with van der Waals surface area (Å²) in [5, 5.41) is 15.0. The molecule has 3 N–H and O–H groups in total. The van der Waals surface area contributed by atoms with E-state index in [9.17, 15) is 9.66 Å². The van der Waals surface area contributed by atoms with Gasteiger partial charge < -0.3 is 9.66 Å². The van der Waals surface area contributed by atoms with Gasteiger partial charge in [-0.25, -0.2) is 0 Å². The predicted octanol–water partition coefficient (Wildman–Crippen LogP) is 1.27. The number of hydrogen-bond acceptors (Lipinski definition) is 4. The summed E-state index contributed by atoms with van der Waals surface area (Å²) in [6, 6.07) is 1.70. The van der Waals surface area contributed by atoms with Gasteiger partial charge in [0.25, 0.3) is 0 Å². The third-order valence-electron chi connectivity index (χ3n) is 1.75. The van der Waals surface area contributed by atoms with Crippen molar-refractivity contribution in [3.63, 3.8) is 0 Å². The molecule has 5 heteroatoms. The third kappa shape index (κ3) is 2.45. The van der Waals surface area contributed by atoms with Crippen LogP contribution >= 0.6 is 11.3 Å². The van der Waals surface area contributed by atoms with E-state index in [1.54, 1.807) is 19.9 Å². The van der Waals surface area contributed by atoms with Gasteiger partial charge in [-0.15, -0.1) is 5.14 Å². The maximum Gasteiger partial charge on any atom is 0.228 e. The lowest BCUT2D eigenvalue weighted by Gasteiger charge is -2.16. The normalized spacial score (nSPS) is 14.6. The van der Waals surface area contributed by atoms with Crippen molar-refractivity contribution in [3.8, 4) is 0 Å². The van der Waals surface area contributed by atoms with Crippen LogP contribution in [0.5, 0.6) is 0 Å². The lowest BCUT2D eigenvalue weighted by molar-refractivity contribution is 0.0783. The summed E-state index contributed by atoms with van der Waals surface area (Å²) in [4.78, 5) is 0.960. The molecule has 1 atom stereocenters. The lowest BCUT2D eigenvalue weighted by atomic mass is 10.00. The van der Waals surface area contributed by atoms with Gasteiger partial charge in [0, 0.05) is 16.5 Å². The van der Waals surface area contributed by atoms with Crippen LogP contribution in [0.1, 0.15) is 24.3 Å². The average molecular weight is 219 g/mol. The van der Waals surface area contributed by atoms with Gasteiger partial charge >= 0.3 is 0 Å². The first-order chi connectivity index (χ1) is 5.82. The Labute approximate surface area is 84.9 Å². The van der Waals surface area contributed by atoms with Crippen LogP contribution in [0.15, 0.2) is 10.3 Å². The number of aryl methyl sites for hydroxylation is 1. The predicted molar refractivity (Wildman–Crippen MR) is 54.9 cm³/mol. The Bertz CT molecular complexity index is 302. The smallest absolute Gasteiger partial charge is 0.228 e. The Kier molecular flexibility index (Phi) is 3.04. The van der Waals surface area contributed by atoms with Crippen molar-refractivity contribution < 1.29 is 9.66 Å². The number of thiophene rings is 1. The third-order valence-corrected chi connectivity index (χ3v) is 3.85. The minimum absolute atomic E-state index is 0.606. The molecule has 1 unspecified atom stereocenters. The first kappa shape index (κ1) is 11.0. The second-order valence-electron chi connectivity index (χ2n) is 3.39. The topological polar surface area (TPSA) is 69.3 Å². The highest BCUT2D eigenvalue weighted by Crippen LogP contribution is 2.32.